The number of hydrogen-bond donors (Lipinski definition) is 1. The van der Waals surface area contributed by atoms with Gasteiger partial charge in [0.15, 0.2) is 6.61 Å². The molecule has 1 N–H and O–H groups in total. The Hall–Kier alpha value is -1.26. The highest BCUT2D eigenvalue weighted by molar-refractivity contribution is 6.21. The molecule has 1 heterocycles. The average molecular weight is 296 g/mol. The second-order valence-corrected chi connectivity index (χ2v) is 6.03. The summed E-state index contributed by atoms with van der Waals surface area (Å²) in [5.74, 6) is 0.565. The van der Waals surface area contributed by atoms with Crippen molar-refractivity contribution in [1.82, 2.24) is 0 Å². The van der Waals surface area contributed by atoms with Crippen molar-refractivity contribution in [2.45, 2.75) is 36.7 Å². The standard InChI is InChI=1S/C15H18ClNO3/c1-19-15(5-2-6-15)8-11(16)10-3-4-13-12(7-10)17-14(18)9-20-13/h3-4,7,11H,2,5-6,8-9H2,1H3,(H,17,18). The van der Waals surface area contributed by atoms with Crippen molar-refractivity contribution in [2.24, 2.45) is 0 Å². The smallest absolute Gasteiger partial charge is 0.262 e. The van der Waals surface area contributed by atoms with Crippen LogP contribution in [-0.2, 0) is 9.53 Å². The summed E-state index contributed by atoms with van der Waals surface area (Å²) in [4.78, 5) is 11.3. The first kappa shape index (κ1) is 13.7. The lowest BCUT2D eigenvalue weighted by molar-refractivity contribution is -0.118. The van der Waals surface area contributed by atoms with Crippen LogP contribution in [0.5, 0.6) is 5.75 Å². The van der Waals surface area contributed by atoms with Crippen LogP contribution in [-0.4, -0.2) is 25.2 Å². The number of methoxy groups -OCH3 is 1. The number of amides is 1. The van der Waals surface area contributed by atoms with Crippen molar-refractivity contribution >= 4 is 23.2 Å². The minimum atomic E-state index is -0.131. The third kappa shape index (κ3) is 2.50. The summed E-state index contributed by atoms with van der Waals surface area (Å²) in [7, 11) is 1.75. The lowest BCUT2D eigenvalue weighted by atomic mass is 9.76. The Morgan fingerprint density at radius 2 is 2.30 bits per heavy atom. The Kier molecular flexibility index (Phi) is 3.61. The first-order valence-electron chi connectivity index (χ1n) is 6.88. The number of hydrogen-bond acceptors (Lipinski definition) is 3. The topological polar surface area (TPSA) is 47.6 Å². The van der Waals surface area contributed by atoms with Crippen LogP contribution in [0, 0.1) is 0 Å². The maximum Gasteiger partial charge on any atom is 0.262 e. The second-order valence-electron chi connectivity index (χ2n) is 5.50. The van der Waals surface area contributed by atoms with E-state index >= 15 is 0 Å². The van der Waals surface area contributed by atoms with Gasteiger partial charge in [-0.3, -0.25) is 4.79 Å². The lowest BCUT2D eigenvalue weighted by Gasteiger charge is -2.41. The SMILES string of the molecule is COC1(CC(Cl)c2ccc3c(c2)NC(=O)CO3)CCC1. The molecule has 0 radical (unpaired) electrons. The highest BCUT2D eigenvalue weighted by Crippen LogP contribution is 2.44. The number of anilines is 1. The summed E-state index contributed by atoms with van der Waals surface area (Å²) >= 11 is 6.53. The van der Waals surface area contributed by atoms with Gasteiger partial charge in [-0.15, -0.1) is 11.6 Å². The second kappa shape index (κ2) is 5.26. The highest BCUT2D eigenvalue weighted by atomic mass is 35.5. The number of carbonyl (C=O) groups is 1. The Balaban J connectivity index is 1.76. The summed E-state index contributed by atoms with van der Waals surface area (Å²) in [6.45, 7) is 0.0729. The first-order valence-corrected chi connectivity index (χ1v) is 7.31. The van der Waals surface area contributed by atoms with Crippen LogP contribution in [0.3, 0.4) is 0 Å². The molecule has 20 heavy (non-hydrogen) atoms. The van der Waals surface area contributed by atoms with Gasteiger partial charge in [0.2, 0.25) is 0 Å². The first-order chi connectivity index (χ1) is 9.62. The predicted octanol–water partition coefficient (Wildman–Crippen LogP) is 3.26. The van der Waals surface area contributed by atoms with Crippen LogP contribution in [0.25, 0.3) is 0 Å². The Bertz CT molecular complexity index is 522. The molecule has 108 valence electrons. The summed E-state index contributed by atoms with van der Waals surface area (Å²) < 4.78 is 11.0. The molecule has 1 aromatic carbocycles. The van der Waals surface area contributed by atoms with Gasteiger partial charge < -0.3 is 14.8 Å². The molecule has 1 unspecified atom stereocenters. The van der Waals surface area contributed by atoms with Crippen molar-refractivity contribution in [3.63, 3.8) is 0 Å². The van der Waals surface area contributed by atoms with Gasteiger partial charge in [0, 0.05) is 7.11 Å². The van der Waals surface area contributed by atoms with E-state index in [9.17, 15) is 4.79 Å². The van der Waals surface area contributed by atoms with Gasteiger partial charge in [-0.2, -0.15) is 0 Å². The third-order valence-electron chi connectivity index (χ3n) is 4.25. The number of ether oxygens (including phenoxy) is 2. The Labute approximate surface area is 123 Å². The van der Waals surface area contributed by atoms with Gasteiger partial charge >= 0.3 is 0 Å². The fourth-order valence-electron chi connectivity index (χ4n) is 2.80. The average Bonchev–Trinajstić information content (AvgIpc) is 2.41. The molecule has 1 atom stereocenters. The number of nitrogens with one attached hydrogen (secondary N) is 1. The Morgan fingerprint density at radius 3 is 2.95 bits per heavy atom. The third-order valence-corrected chi connectivity index (χ3v) is 4.65. The number of carbonyl (C=O) groups excluding carboxylic acids is 1. The number of halogens is 1. The Morgan fingerprint density at radius 1 is 1.50 bits per heavy atom. The molecule has 1 amide bonds. The van der Waals surface area contributed by atoms with E-state index in [0.717, 1.165) is 24.8 Å². The van der Waals surface area contributed by atoms with Crippen molar-refractivity contribution in [1.29, 1.82) is 0 Å². The molecule has 4 nitrogen and oxygen atoms in total. The summed E-state index contributed by atoms with van der Waals surface area (Å²) in [5.41, 5.74) is 1.62. The van der Waals surface area contributed by atoms with Crippen LogP contribution >= 0.6 is 11.6 Å². The van der Waals surface area contributed by atoms with E-state index in [1.54, 1.807) is 7.11 Å². The van der Waals surface area contributed by atoms with E-state index in [0.29, 0.717) is 11.4 Å². The normalized spacial score (nSPS) is 21.2. The number of rotatable bonds is 4. The lowest BCUT2D eigenvalue weighted by Crippen LogP contribution is -2.39. The van der Waals surface area contributed by atoms with Crippen LogP contribution in [0.1, 0.15) is 36.6 Å². The van der Waals surface area contributed by atoms with Crippen LogP contribution < -0.4 is 10.1 Å². The molecule has 2 aliphatic rings. The minimum Gasteiger partial charge on any atom is -0.482 e. The molecule has 0 aromatic heterocycles. The fraction of sp³-hybridized carbons (Fsp3) is 0.533. The highest BCUT2D eigenvalue weighted by Gasteiger charge is 2.39. The van der Waals surface area contributed by atoms with Crippen LogP contribution in [0.4, 0.5) is 5.69 Å². The molecule has 0 saturated heterocycles. The molecule has 0 bridgehead atoms. The number of alkyl halides is 1. The molecule has 5 heteroatoms. The minimum absolute atomic E-state index is 0.0674. The molecule has 3 rings (SSSR count). The van der Waals surface area contributed by atoms with Crippen molar-refractivity contribution < 1.29 is 14.3 Å². The molecule has 0 spiro atoms. The predicted molar refractivity (Wildman–Crippen MR) is 77.4 cm³/mol. The maximum absolute atomic E-state index is 11.3. The van der Waals surface area contributed by atoms with E-state index in [-0.39, 0.29) is 23.5 Å². The zero-order chi connectivity index (χ0) is 14.2. The summed E-state index contributed by atoms with van der Waals surface area (Å²) in [5, 5.41) is 2.68. The van der Waals surface area contributed by atoms with Gasteiger partial charge in [0.25, 0.3) is 5.91 Å². The summed E-state index contributed by atoms with van der Waals surface area (Å²) in [6, 6.07) is 5.71. The van der Waals surface area contributed by atoms with E-state index < -0.39 is 0 Å². The van der Waals surface area contributed by atoms with Crippen LogP contribution in [0.15, 0.2) is 18.2 Å². The van der Waals surface area contributed by atoms with Crippen molar-refractivity contribution in [3.8, 4) is 5.75 Å². The molecule has 1 aliphatic carbocycles. The molecular weight excluding hydrogens is 278 g/mol. The van der Waals surface area contributed by atoms with Gasteiger partial charge in [-0.05, 0) is 43.4 Å². The van der Waals surface area contributed by atoms with E-state index in [1.807, 2.05) is 18.2 Å². The largest absolute Gasteiger partial charge is 0.482 e. The van der Waals surface area contributed by atoms with Gasteiger partial charge in [0.05, 0.1) is 16.7 Å². The fourth-order valence-corrected chi connectivity index (χ4v) is 3.22. The zero-order valence-corrected chi connectivity index (χ0v) is 12.2. The molecular formula is C15H18ClNO3. The molecule has 1 aliphatic heterocycles. The number of fused-ring (bicyclic) bond motifs is 1. The molecule has 1 saturated carbocycles. The monoisotopic (exact) mass is 295 g/mol. The quantitative estimate of drug-likeness (QED) is 0.867. The summed E-state index contributed by atoms with van der Waals surface area (Å²) in [6.07, 6.45) is 4.12. The van der Waals surface area contributed by atoms with E-state index in [2.05, 4.69) is 5.32 Å². The van der Waals surface area contributed by atoms with Gasteiger partial charge in [-0.25, -0.2) is 0 Å². The van der Waals surface area contributed by atoms with Crippen LogP contribution in [0.2, 0.25) is 0 Å². The van der Waals surface area contributed by atoms with Crippen molar-refractivity contribution in [2.75, 3.05) is 19.0 Å². The zero-order valence-electron chi connectivity index (χ0n) is 11.4. The van der Waals surface area contributed by atoms with E-state index in [1.165, 1.54) is 6.42 Å². The van der Waals surface area contributed by atoms with Crippen molar-refractivity contribution in [3.05, 3.63) is 23.8 Å². The van der Waals surface area contributed by atoms with Gasteiger partial charge in [0.1, 0.15) is 5.75 Å². The maximum atomic E-state index is 11.3. The number of benzene rings is 1. The van der Waals surface area contributed by atoms with E-state index in [4.69, 9.17) is 21.1 Å². The molecule has 1 fully saturated rings. The molecule has 1 aromatic rings. The van der Waals surface area contributed by atoms with Gasteiger partial charge in [-0.1, -0.05) is 6.07 Å².